The SMILES string of the molecule is CCCN1CCN(C(=O)C2=NN(c3ccc(C)cc3)c3ncccc3S2(=O)=O)CC1. The Kier molecular flexibility index (Phi) is 5.57. The average Bonchev–Trinajstić information content (AvgIpc) is 2.75. The molecule has 1 saturated heterocycles. The van der Waals surface area contributed by atoms with Gasteiger partial charge in [0.2, 0.25) is 14.9 Å². The van der Waals surface area contributed by atoms with Crippen molar-refractivity contribution in [2.75, 3.05) is 37.7 Å². The molecular weight excluding hydrogens is 402 g/mol. The second-order valence-electron chi connectivity index (χ2n) is 7.51. The van der Waals surface area contributed by atoms with E-state index in [1.54, 1.807) is 11.0 Å². The van der Waals surface area contributed by atoms with Crippen molar-refractivity contribution in [1.29, 1.82) is 0 Å². The molecule has 8 nitrogen and oxygen atoms in total. The number of piperazine rings is 1. The van der Waals surface area contributed by atoms with Gasteiger partial charge in [0.25, 0.3) is 5.91 Å². The number of carbonyl (C=O) groups is 1. The Bertz CT molecular complexity index is 1070. The van der Waals surface area contributed by atoms with Crippen LogP contribution in [0.1, 0.15) is 18.9 Å². The number of sulfone groups is 1. The molecule has 3 heterocycles. The van der Waals surface area contributed by atoms with E-state index in [1.165, 1.54) is 17.3 Å². The first kappa shape index (κ1) is 20.5. The third-order valence-corrected chi connectivity index (χ3v) is 7.01. The Morgan fingerprint density at radius 3 is 2.43 bits per heavy atom. The van der Waals surface area contributed by atoms with Gasteiger partial charge in [-0.25, -0.2) is 18.4 Å². The van der Waals surface area contributed by atoms with Crippen LogP contribution in [-0.4, -0.2) is 66.9 Å². The summed E-state index contributed by atoms with van der Waals surface area (Å²) >= 11 is 0. The molecule has 158 valence electrons. The maximum Gasteiger partial charge on any atom is 0.286 e. The van der Waals surface area contributed by atoms with Crippen molar-refractivity contribution < 1.29 is 13.2 Å². The number of carbonyl (C=O) groups excluding carboxylic acids is 1. The Morgan fingerprint density at radius 1 is 1.07 bits per heavy atom. The van der Waals surface area contributed by atoms with Crippen LogP contribution in [0.15, 0.2) is 52.6 Å². The van der Waals surface area contributed by atoms with Crippen LogP contribution in [0.2, 0.25) is 0 Å². The average molecular weight is 428 g/mol. The second-order valence-corrected chi connectivity index (χ2v) is 9.35. The predicted molar refractivity (Wildman–Crippen MR) is 115 cm³/mol. The summed E-state index contributed by atoms with van der Waals surface area (Å²) in [4.78, 5) is 21.3. The van der Waals surface area contributed by atoms with Gasteiger partial charge in [-0.2, -0.15) is 0 Å². The molecule has 2 aliphatic rings. The van der Waals surface area contributed by atoms with E-state index in [0.29, 0.717) is 18.8 Å². The summed E-state index contributed by atoms with van der Waals surface area (Å²) in [7, 11) is -4.06. The van der Waals surface area contributed by atoms with Crippen LogP contribution >= 0.6 is 0 Å². The summed E-state index contributed by atoms with van der Waals surface area (Å²) in [6, 6.07) is 10.5. The zero-order valence-electron chi connectivity index (χ0n) is 17.2. The number of aromatic nitrogens is 1. The Labute approximate surface area is 176 Å². The molecule has 9 heteroatoms. The van der Waals surface area contributed by atoms with E-state index < -0.39 is 20.8 Å². The molecule has 1 aromatic heterocycles. The summed E-state index contributed by atoms with van der Waals surface area (Å²) in [5, 5.41) is 5.29. The van der Waals surface area contributed by atoms with Crippen molar-refractivity contribution in [3.63, 3.8) is 0 Å². The van der Waals surface area contributed by atoms with Crippen molar-refractivity contribution in [1.82, 2.24) is 14.8 Å². The van der Waals surface area contributed by atoms with E-state index in [0.717, 1.165) is 31.6 Å². The fourth-order valence-electron chi connectivity index (χ4n) is 3.70. The number of benzene rings is 1. The summed E-state index contributed by atoms with van der Waals surface area (Å²) in [6.45, 7) is 7.48. The predicted octanol–water partition coefficient (Wildman–Crippen LogP) is 2.18. The molecule has 1 amide bonds. The van der Waals surface area contributed by atoms with E-state index in [2.05, 4.69) is 21.9 Å². The van der Waals surface area contributed by atoms with E-state index in [4.69, 9.17) is 0 Å². The zero-order valence-corrected chi connectivity index (χ0v) is 18.0. The molecule has 1 aromatic carbocycles. The van der Waals surface area contributed by atoms with Gasteiger partial charge in [0.05, 0.1) is 5.69 Å². The third kappa shape index (κ3) is 3.70. The van der Waals surface area contributed by atoms with Gasteiger partial charge in [0.1, 0.15) is 4.90 Å². The molecular formula is C21H25N5O3S. The smallest absolute Gasteiger partial charge is 0.286 e. The molecule has 0 unspecified atom stereocenters. The lowest BCUT2D eigenvalue weighted by atomic mass is 10.2. The summed E-state index contributed by atoms with van der Waals surface area (Å²) < 4.78 is 26.5. The van der Waals surface area contributed by atoms with Crippen LogP contribution < -0.4 is 5.01 Å². The number of rotatable bonds is 4. The fraction of sp³-hybridized carbons (Fsp3) is 0.381. The van der Waals surface area contributed by atoms with Gasteiger partial charge in [-0.05, 0) is 44.2 Å². The van der Waals surface area contributed by atoms with Gasteiger partial charge in [-0.1, -0.05) is 24.6 Å². The normalized spacial score (nSPS) is 18.7. The summed E-state index contributed by atoms with van der Waals surface area (Å²) in [5.74, 6) is -0.358. The zero-order chi connectivity index (χ0) is 21.3. The maximum atomic E-state index is 13.2. The molecule has 0 aliphatic carbocycles. The number of hydrazone groups is 1. The molecule has 2 aliphatic heterocycles. The topological polar surface area (TPSA) is 86.2 Å². The van der Waals surface area contributed by atoms with Crippen LogP contribution in [-0.2, 0) is 14.6 Å². The number of pyridine rings is 1. The molecule has 0 radical (unpaired) electrons. The first-order valence-electron chi connectivity index (χ1n) is 10.1. The second kappa shape index (κ2) is 8.16. The Balaban J connectivity index is 1.71. The van der Waals surface area contributed by atoms with Gasteiger partial charge in [-0.15, -0.1) is 5.10 Å². The number of fused-ring (bicyclic) bond motifs is 1. The number of aryl methyl sites for hydroxylation is 1. The highest BCUT2D eigenvalue weighted by Gasteiger charge is 2.41. The molecule has 0 bridgehead atoms. The number of hydrogen-bond donors (Lipinski definition) is 0. The standard InChI is InChI=1S/C21H25N5O3S/c1-3-11-24-12-14-25(15-13-24)21(27)20-23-26(17-8-6-16(2)7-9-17)19-18(30(20,28)29)5-4-10-22-19/h4-10H,3,11-15H2,1-2H3. The van der Waals surface area contributed by atoms with Crippen LogP contribution in [0.25, 0.3) is 0 Å². The van der Waals surface area contributed by atoms with Gasteiger partial charge in [-0.3, -0.25) is 9.69 Å². The summed E-state index contributed by atoms with van der Waals surface area (Å²) in [5.41, 5.74) is 1.71. The highest BCUT2D eigenvalue weighted by Crippen LogP contribution is 2.35. The molecule has 4 rings (SSSR count). The van der Waals surface area contributed by atoms with Crippen LogP contribution in [0.4, 0.5) is 11.5 Å². The van der Waals surface area contributed by atoms with Gasteiger partial charge in [0.15, 0.2) is 5.82 Å². The van der Waals surface area contributed by atoms with Crippen LogP contribution in [0.3, 0.4) is 0 Å². The maximum absolute atomic E-state index is 13.2. The molecule has 2 aromatic rings. The van der Waals surface area contributed by atoms with E-state index >= 15 is 0 Å². The van der Waals surface area contributed by atoms with Crippen LogP contribution in [0.5, 0.6) is 0 Å². The lowest BCUT2D eigenvalue weighted by Gasteiger charge is -2.35. The van der Waals surface area contributed by atoms with Gasteiger partial charge in [0, 0.05) is 32.4 Å². The fourth-order valence-corrected chi connectivity index (χ4v) is 5.09. The van der Waals surface area contributed by atoms with Crippen molar-refractivity contribution in [3.05, 3.63) is 48.2 Å². The Hall–Kier alpha value is -2.78. The highest BCUT2D eigenvalue weighted by molar-refractivity contribution is 8.08. The number of amides is 1. The minimum atomic E-state index is -4.06. The minimum absolute atomic E-state index is 0.00598. The molecule has 30 heavy (non-hydrogen) atoms. The molecule has 0 N–H and O–H groups in total. The van der Waals surface area contributed by atoms with Crippen molar-refractivity contribution in [3.8, 4) is 0 Å². The first-order valence-corrected chi connectivity index (χ1v) is 11.6. The van der Waals surface area contributed by atoms with Gasteiger partial charge < -0.3 is 4.90 Å². The first-order chi connectivity index (χ1) is 14.4. The molecule has 0 atom stereocenters. The third-order valence-electron chi connectivity index (χ3n) is 5.35. The highest BCUT2D eigenvalue weighted by atomic mass is 32.2. The van der Waals surface area contributed by atoms with Crippen molar-refractivity contribution >= 4 is 32.3 Å². The van der Waals surface area contributed by atoms with E-state index in [1.807, 2.05) is 31.2 Å². The molecule has 0 saturated carbocycles. The van der Waals surface area contributed by atoms with E-state index in [-0.39, 0.29) is 10.7 Å². The van der Waals surface area contributed by atoms with E-state index in [9.17, 15) is 13.2 Å². The number of anilines is 2. The van der Waals surface area contributed by atoms with Crippen molar-refractivity contribution in [2.24, 2.45) is 5.10 Å². The quantitative estimate of drug-likeness (QED) is 0.743. The largest absolute Gasteiger partial charge is 0.334 e. The number of nitrogens with zero attached hydrogens (tertiary/aromatic N) is 5. The minimum Gasteiger partial charge on any atom is -0.334 e. The Morgan fingerprint density at radius 2 is 1.77 bits per heavy atom. The van der Waals surface area contributed by atoms with Crippen molar-refractivity contribution in [2.45, 2.75) is 25.2 Å². The molecule has 0 spiro atoms. The summed E-state index contributed by atoms with van der Waals surface area (Å²) in [6.07, 6.45) is 2.56. The van der Waals surface area contributed by atoms with Crippen LogP contribution in [0, 0.1) is 6.92 Å². The lowest BCUT2D eigenvalue weighted by Crippen LogP contribution is -2.52. The van der Waals surface area contributed by atoms with Gasteiger partial charge >= 0.3 is 0 Å². The number of hydrogen-bond acceptors (Lipinski definition) is 7. The molecule has 1 fully saturated rings. The lowest BCUT2D eigenvalue weighted by molar-refractivity contribution is -0.125. The monoisotopic (exact) mass is 427 g/mol.